The Hall–Kier alpha value is -3.13. The van der Waals surface area contributed by atoms with Gasteiger partial charge in [0.2, 0.25) is 0 Å². The van der Waals surface area contributed by atoms with Crippen LogP contribution in [-0.2, 0) is 5.41 Å². The predicted molar refractivity (Wildman–Crippen MR) is 159 cm³/mol. The number of ether oxygens (including phenoxy) is 1. The minimum absolute atomic E-state index is 0.151. The highest BCUT2D eigenvalue weighted by atomic mass is 32.1. The molecule has 4 heterocycles. The van der Waals surface area contributed by atoms with Gasteiger partial charge in [-0.05, 0) is 62.6 Å². The van der Waals surface area contributed by atoms with Gasteiger partial charge in [-0.3, -0.25) is 0 Å². The van der Waals surface area contributed by atoms with Gasteiger partial charge in [-0.2, -0.15) is 9.61 Å². The Labute approximate surface area is 230 Å². The zero-order valence-corrected chi connectivity index (χ0v) is 24.4. The Morgan fingerprint density at radius 3 is 2.55 bits per heavy atom. The van der Waals surface area contributed by atoms with E-state index in [2.05, 4.69) is 85.0 Å². The number of rotatable bonds is 9. The topological polar surface area (TPSA) is 58.8 Å². The van der Waals surface area contributed by atoms with Gasteiger partial charge in [-0.15, -0.1) is 21.5 Å². The van der Waals surface area contributed by atoms with Crippen LogP contribution in [0.1, 0.15) is 70.9 Å². The summed E-state index contributed by atoms with van der Waals surface area (Å²) >= 11 is 1.83. The molecule has 0 amide bonds. The van der Waals surface area contributed by atoms with Gasteiger partial charge in [-0.1, -0.05) is 34.1 Å². The van der Waals surface area contributed by atoms with Gasteiger partial charge in [0.15, 0.2) is 11.5 Å². The Bertz CT molecular complexity index is 1440. The van der Waals surface area contributed by atoms with Gasteiger partial charge in [0.1, 0.15) is 5.75 Å². The first-order chi connectivity index (χ1) is 18.3. The van der Waals surface area contributed by atoms with Gasteiger partial charge >= 0.3 is 0 Å². The number of fused-ring (bicyclic) bond motifs is 1. The van der Waals surface area contributed by atoms with Crippen LogP contribution in [0.4, 0.5) is 10.7 Å². The number of nitrogens with zero attached hydrogens (tertiary/aromatic N) is 6. The number of aromatic nitrogens is 4. The second kappa shape index (κ2) is 10.9. The number of benzene rings is 1. The first kappa shape index (κ1) is 26.5. The van der Waals surface area contributed by atoms with Crippen LogP contribution in [-0.4, -0.2) is 53.1 Å². The highest BCUT2D eigenvalue weighted by molar-refractivity contribution is 7.16. The standard InChI is InChI=1S/C30H40N6OS/c1-7-9-16-34(8-2)26-15-13-22(38-26)20-24-27(30(3,4)5)33-36-28(31-32-29(24)36)23-19-21(12-14-25(23)37-6)35-17-10-11-18-35/h12-15,19-20H,7-11,16-18H2,1-6H3/b24-20-. The van der Waals surface area contributed by atoms with Crippen LogP contribution in [0.25, 0.3) is 23.1 Å². The summed E-state index contributed by atoms with van der Waals surface area (Å²) in [7, 11) is 1.71. The molecule has 0 spiro atoms. The smallest absolute Gasteiger partial charge is 0.189 e. The zero-order chi connectivity index (χ0) is 26.9. The summed E-state index contributed by atoms with van der Waals surface area (Å²) in [6, 6.07) is 10.8. The van der Waals surface area contributed by atoms with E-state index in [1.807, 2.05) is 21.9 Å². The lowest BCUT2D eigenvalue weighted by atomic mass is 9.91. The van der Waals surface area contributed by atoms with Crippen LogP contribution in [0.3, 0.4) is 0 Å². The average molecular weight is 533 g/mol. The quantitative estimate of drug-likeness (QED) is 0.266. The highest BCUT2D eigenvalue weighted by Gasteiger charge is 2.26. The van der Waals surface area contributed by atoms with Crippen molar-refractivity contribution in [3.63, 3.8) is 0 Å². The van der Waals surface area contributed by atoms with Crippen molar-refractivity contribution in [1.29, 1.82) is 0 Å². The summed E-state index contributed by atoms with van der Waals surface area (Å²) in [5, 5.41) is 16.8. The third-order valence-corrected chi connectivity index (χ3v) is 8.41. The number of thiophene rings is 1. The van der Waals surface area contributed by atoms with Crippen LogP contribution < -0.4 is 19.8 Å². The second-order valence-corrected chi connectivity index (χ2v) is 12.2. The molecule has 0 saturated carbocycles. The minimum Gasteiger partial charge on any atom is -0.496 e. The first-order valence-corrected chi connectivity index (χ1v) is 14.7. The van der Waals surface area contributed by atoms with Gasteiger partial charge in [0.05, 0.1) is 23.4 Å². The summed E-state index contributed by atoms with van der Waals surface area (Å²) in [4.78, 5) is 6.09. The van der Waals surface area contributed by atoms with E-state index in [-0.39, 0.29) is 5.41 Å². The summed E-state index contributed by atoms with van der Waals surface area (Å²) in [5.74, 6) is 1.49. The van der Waals surface area contributed by atoms with Gasteiger partial charge in [0.25, 0.3) is 0 Å². The van der Waals surface area contributed by atoms with E-state index >= 15 is 0 Å². The molecule has 1 fully saturated rings. The van der Waals surface area contributed by atoms with Gasteiger partial charge < -0.3 is 14.5 Å². The van der Waals surface area contributed by atoms with Crippen molar-refractivity contribution in [1.82, 2.24) is 19.8 Å². The average Bonchev–Trinajstić information content (AvgIpc) is 3.70. The molecular formula is C30H40N6OS. The largest absolute Gasteiger partial charge is 0.496 e. The Kier molecular flexibility index (Phi) is 7.61. The Balaban J connectivity index is 1.61. The number of unbranched alkanes of at least 4 members (excludes halogenated alkanes) is 1. The van der Waals surface area contributed by atoms with Crippen LogP contribution in [0.2, 0.25) is 0 Å². The molecule has 0 atom stereocenters. The molecule has 8 heteroatoms. The van der Waals surface area contributed by atoms with E-state index in [1.54, 1.807) is 7.11 Å². The molecule has 1 aliphatic rings. The molecule has 1 saturated heterocycles. The molecule has 0 unspecified atom stereocenters. The maximum Gasteiger partial charge on any atom is 0.189 e. The summed E-state index contributed by atoms with van der Waals surface area (Å²) in [6.45, 7) is 15.4. The van der Waals surface area contributed by atoms with Crippen molar-refractivity contribution >= 4 is 33.7 Å². The predicted octanol–water partition coefficient (Wildman–Crippen LogP) is 5.93. The molecule has 4 aromatic rings. The maximum absolute atomic E-state index is 5.76. The van der Waals surface area contributed by atoms with E-state index in [0.717, 1.165) is 54.1 Å². The van der Waals surface area contributed by atoms with E-state index in [1.165, 1.54) is 41.2 Å². The fourth-order valence-corrected chi connectivity index (χ4v) is 6.24. The lowest BCUT2D eigenvalue weighted by molar-refractivity contribution is 0.416. The Morgan fingerprint density at radius 1 is 1.08 bits per heavy atom. The first-order valence-electron chi connectivity index (χ1n) is 13.9. The molecular weight excluding hydrogens is 492 g/mol. The van der Waals surface area contributed by atoms with Crippen molar-refractivity contribution in [2.75, 3.05) is 43.1 Å². The molecule has 5 rings (SSSR count). The minimum atomic E-state index is -0.151. The summed E-state index contributed by atoms with van der Waals surface area (Å²) in [5.41, 5.74) is 3.77. The molecule has 0 N–H and O–H groups in total. The highest BCUT2D eigenvalue weighted by Crippen LogP contribution is 2.34. The number of methoxy groups -OCH3 is 1. The van der Waals surface area contributed by atoms with Crippen LogP contribution in [0, 0.1) is 0 Å². The normalized spacial score (nSPS) is 14.7. The molecule has 202 valence electrons. The zero-order valence-electron chi connectivity index (χ0n) is 23.6. The molecule has 0 aliphatic carbocycles. The summed E-state index contributed by atoms with van der Waals surface area (Å²) < 4.78 is 7.67. The molecule has 38 heavy (non-hydrogen) atoms. The molecule has 7 nitrogen and oxygen atoms in total. The van der Waals surface area contributed by atoms with Crippen molar-refractivity contribution in [3.8, 4) is 17.1 Å². The van der Waals surface area contributed by atoms with Crippen molar-refractivity contribution in [2.45, 2.75) is 65.7 Å². The number of hydrogen-bond acceptors (Lipinski definition) is 7. The SMILES string of the molecule is CCCCN(CC)c1ccc(/C=c2/c(C(C)(C)C)nn3c(-c4cc(N5CCCC5)ccc4OC)nnc23)s1. The van der Waals surface area contributed by atoms with E-state index in [4.69, 9.17) is 9.84 Å². The monoisotopic (exact) mass is 532 g/mol. The third kappa shape index (κ3) is 5.10. The van der Waals surface area contributed by atoms with Crippen LogP contribution in [0.5, 0.6) is 5.75 Å². The third-order valence-electron chi connectivity index (χ3n) is 7.32. The van der Waals surface area contributed by atoms with Crippen molar-refractivity contribution in [2.24, 2.45) is 0 Å². The lowest BCUT2D eigenvalue weighted by Gasteiger charge is -2.20. The van der Waals surface area contributed by atoms with Crippen molar-refractivity contribution < 1.29 is 4.74 Å². The number of anilines is 2. The van der Waals surface area contributed by atoms with E-state index < -0.39 is 0 Å². The summed E-state index contributed by atoms with van der Waals surface area (Å²) in [6.07, 6.45) is 7.11. The fraction of sp³-hybridized carbons (Fsp3) is 0.500. The maximum atomic E-state index is 5.76. The molecule has 1 aromatic carbocycles. The van der Waals surface area contributed by atoms with E-state index in [9.17, 15) is 0 Å². The Morgan fingerprint density at radius 2 is 1.87 bits per heavy atom. The molecule has 3 aromatic heterocycles. The van der Waals surface area contributed by atoms with Crippen LogP contribution >= 0.6 is 11.3 Å². The molecule has 1 aliphatic heterocycles. The second-order valence-electron chi connectivity index (χ2n) is 11.1. The fourth-order valence-electron chi connectivity index (χ4n) is 5.20. The lowest BCUT2D eigenvalue weighted by Crippen LogP contribution is -2.22. The van der Waals surface area contributed by atoms with Gasteiger partial charge in [-0.25, -0.2) is 0 Å². The van der Waals surface area contributed by atoms with Gasteiger partial charge in [0, 0.05) is 47.4 Å². The number of hydrogen-bond donors (Lipinski definition) is 0. The van der Waals surface area contributed by atoms with E-state index in [0.29, 0.717) is 5.82 Å². The van der Waals surface area contributed by atoms with Crippen molar-refractivity contribution in [3.05, 3.63) is 46.1 Å². The molecule has 0 radical (unpaired) electrons. The van der Waals surface area contributed by atoms with Crippen LogP contribution in [0.15, 0.2) is 30.3 Å². The molecule has 0 bridgehead atoms.